The first-order chi connectivity index (χ1) is 20.3. The van der Waals surface area contributed by atoms with Crippen molar-refractivity contribution in [2.75, 3.05) is 53.1 Å². The van der Waals surface area contributed by atoms with Crippen LogP contribution in [0.2, 0.25) is 0 Å². The van der Waals surface area contributed by atoms with E-state index in [4.69, 9.17) is 19.7 Å². The number of likely N-dealkylation sites (N-methyl/N-ethyl adjacent to an activating group) is 1. The van der Waals surface area contributed by atoms with Gasteiger partial charge in [0.15, 0.2) is 0 Å². The van der Waals surface area contributed by atoms with Crippen LogP contribution in [0.25, 0.3) is 0 Å². The molecule has 0 spiro atoms. The number of unbranched alkanes of at least 4 members (excludes halogenated alkanes) is 8. The van der Waals surface area contributed by atoms with Gasteiger partial charge in [-0.05, 0) is 39.2 Å². The van der Waals surface area contributed by atoms with Crippen LogP contribution in [0.3, 0.4) is 0 Å². The number of rotatable bonds is 30. The summed E-state index contributed by atoms with van der Waals surface area (Å²) in [5, 5.41) is 28.5. The smallest absolute Gasteiger partial charge is 0.320 e. The minimum Gasteiger partial charge on any atom is -0.481 e. The largest absolute Gasteiger partial charge is 0.481 e. The van der Waals surface area contributed by atoms with Crippen LogP contribution in [0, 0.1) is 0 Å². The maximum Gasteiger partial charge on any atom is 0.320 e. The summed E-state index contributed by atoms with van der Waals surface area (Å²) in [5.41, 5.74) is 0. The van der Waals surface area contributed by atoms with Gasteiger partial charge in [0.2, 0.25) is 17.7 Å². The summed E-state index contributed by atoms with van der Waals surface area (Å²) in [5.74, 6) is -2.05. The van der Waals surface area contributed by atoms with Gasteiger partial charge in [-0.2, -0.15) is 0 Å². The second-order valence-corrected chi connectivity index (χ2v) is 10.2. The van der Waals surface area contributed by atoms with Crippen molar-refractivity contribution in [3.05, 3.63) is 0 Å². The van der Waals surface area contributed by atoms with Crippen molar-refractivity contribution in [2.45, 2.75) is 102 Å². The molecule has 3 amide bonds. The van der Waals surface area contributed by atoms with E-state index in [1.807, 2.05) is 0 Å². The number of nitrogens with one attached hydrogen (secondary N) is 4. The molecule has 1 atom stereocenters. The molecule has 42 heavy (non-hydrogen) atoms. The normalized spacial score (nSPS) is 11.5. The van der Waals surface area contributed by atoms with E-state index in [0.29, 0.717) is 71.7 Å². The van der Waals surface area contributed by atoms with Crippen LogP contribution in [-0.2, 0) is 33.4 Å². The Labute approximate surface area is 250 Å². The molecule has 0 heterocycles. The highest BCUT2D eigenvalue weighted by molar-refractivity contribution is 5.83. The molecule has 0 rings (SSSR count). The average molecular weight is 603 g/mol. The van der Waals surface area contributed by atoms with Crippen LogP contribution in [0.15, 0.2) is 0 Å². The van der Waals surface area contributed by atoms with E-state index in [9.17, 15) is 24.0 Å². The summed E-state index contributed by atoms with van der Waals surface area (Å²) in [6, 6.07) is -0.584. The molecule has 0 saturated carbocycles. The second-order valence-electron chi connectivity index (χ2n) is 10.2. The lowest BCUT2D eigenvalue weighted by atomic mass is 10.1. The molecule has 0 aliphatic carbocycles. The number of carbonyl (C=O) groups is 5. The Morgan fingerprint density at radius 1 is 0.548 bits per heavy atom. The molecule has 0 fully saturated rings. The molecule has 0 bridgehead atoms. The van der Waals surface area contributed by atoms with E-state index < -0.39 is 18.0 Å². The highest BCUT2D eigenvalue weighted by Crippen LogP contribution is 2.10. The van der Waals surface area contributed by atoms with E-state index in [-0.39, 0.29) is 37.0 Å². The average Bonchev–Trinajstić information content (AvgIpc) is 2.95. The van der Waals surface area contributed by atoms with Gasteiger partial charge in [-0.25, -0.2) is 0 Å². The number of aliphatic carboxylic acids is 2. The van der Waals surface area contributed by atoms with Crippen LogP contribution >= 0.6 is 0 Å². The van der Waals surface area contributed by atoms with Gasteiger partial charge < -0.3 is 41.0 Å². The molecule has 13 heteroatoms. The molecule has 0 aliphatic heterocycles. The number of carboxylic acids is 2. The number of carbonyl (C=O) groups excluding carboxylic acids is 3. The van der Waals surface area contributed by atoms with E-state index in [0.717, 1.165) is 51.4 Å². The van der Waals surface area contributed by atoms with Crippen LogP contribution in [-0.4, -0.2) is 99.0 Å². The Kier molecular flexibility index (Phi) is 26.5. The molecule has 6 N–H and O–H groups in total. The molecule has 0 aromatic rings. The Balaban J connectivity index is 3.42. The molecular weight excluding hydrogens is 548 g/mol. The van der Waals surface area contributed by atoms with Crippen LogP contribution in [0.1, 0.15) is 96.3 Å². The summed E-state index contributed by atoms with van der Waals surface area (Å²) < 4.78 is 10.8. The first-order valence-electron chi connectivity index (χ1n) is 15.3. The number of carboxylic acid groups (broad SMARTS) is 2. The van der Waals surface area contributed by atoms with Gasteiger partial charge in [0.25, 0.3) is 0 Å². The zero-order chi connectivity index (χ0) is 31.3. The zero-order valence-electron chi connectivity index (χ0n) is 25.4. The number of hydrogen-bond donors (Lipinski definition) is 6. The third-order valence-corrected chi connectivity index (χ3v) is 6.52. The van der Waals surface area contributed by atoms with Gasteiger partial charge in [-0.1, -0.05) is 38.5 Å². The Hall–Kier alpha value is -2.77. The summed E-state index contributed by atoms with van der Waals surface area (Å²) in [6.07, 6.45) is 10.7. The van der Waals surface area contributed by atoms with Crippen molar-refractivity contribution in [1.82, 2.24) is 21.3 Å². The molecule has 0 aliphatic rings. The van der Waals surface area contributed by atoms with E-state index >= 15 is 0 Å². The monoisotopic (exact) mass is 602 g/mol. The quantitative estimate of drug-likeness (QED) is 0.0662. The molecular formula is C29H54N4O9. The van der Waals surface area contributed by atoms with Gasteiger partial charge in [0.05, 0.1) is 26.4 Å². The number of hydrogen-bond acceptors (Lipinski definition) is 8. The maximum absolute atomic E-state index is 11.9. The summed E-state index contributed by atoms with van der Waals surface area (Å²) in [4.78, 5) is 56.9. The van der Waals surface area contributed by atoms with E-state index in [1.165, 1.54) is 0 Å². The minimum absolute atomic E-state index is 0.0209. The third kappa shape index (κ3) is 27.4. The standard InChI is InChI=1S/C29H54N4O9/c1-30-24(29(39)40)12-10-11-17-31-26(35)15-16-27(36)33-19-21-42-23-22-41-20-18-32-25(34)13-8-6-4-2-3-5-7-9-14-28(37)38/h24,30H,2-23H2,1H3,(H,31,35)(H,32,34)(H,33,36)(H,37,38)(H,39,40)/t24-/m0/s1. The van der Waals surface area contributed by atoms with Crippen molar-refractivity contribution in [3.8, 4) is 0 Å². The predicted octanol–water partition coefficient (Wildman–Crippen LogP) is 1.98. The SMILES string of the molecule is CN[C@@H](CCCCNC(=O)CCC(=O)NCCOCCOCCNC(=O)CCCCCCCCCCC(=O)O)C(=O)O. The second kappa shape index (κ2) is 28.4. The Bertz CT molecular complexity index is 753. The molecule has 0 saturated heterocycles. The van der Waals surface area contributed by atoms with Gasteiger partial charge in [0.1, 0.15) is 6.04 Å². The zero-order valence-corrected chi connectivity index (χ0v) is 25.4. The lowest BCUT2D eigenvalue weighted by Crippen LogP contribution is -2.34. The first kappa shape index (κ1) is 39.2. The highest BCUT2D eigenvalue weighted by atomic mass is 16.5. The molecule has 0 aromatic heterocycles. The Morgan fingerprint density at radius 3 is 1.48 bits per heavy atom. The van der Waals surface area contributed by atoms with E-state index in [1.54, 1.807) is 7.05 Å². The van der Waals surface area contributed by atoms with Crippen LogP contribution in [0.4, 0.5) is 0 Å². The summed E-state index contributed by atoms with van der Waals surface area (Å²) in [6.45, 7) is 2.70. The molecule has 0 unspecified atom stereocenters. The van der Waals surface area contributed by atoms with Crippen molar-refractivity contribution < 1.29 is 43.7 Å². The van der Waals surface area contributed by atoms with Crippen molar-refractivity contribution in [1.29, 1.82) is 0 Å². The summed E-state index contributed by atoms with van der Waals surface area (Å²) >= 11 is 0. The summed E-state index contributed by atoms with van der Waals surface area (Å²) in [7, 11) is 1.60. The predicted molar refractivity (Wildman–Crippen MR) is 158 cm³/mol. The molecule has 0 radical (unpaired) electrons. The molecule has 13 nitrogen and oxygen atoms in total. The molecule has 244 valence electrons. The fourth-order valence-electron chi connectivity index (χ4n) is 4.05. The maximum atomic E-state index is 11.9. The lowest BCUT2D eigenvalue weighted by molar-refractivity contribution is -0.139. The topological polar surface area (TPSA) is 192 Å². The van der Waals surface area contributed by atoms with Crippen LogP contribution in [0.5, 0.6) is 0 Å². The van der Waals surface area contributed by atoms with Crippen molar-refractivity contribution in [2.24, 2.45) is 0 Å². The lowest BCUT2D eigenvalue weighted by Gasteiger charge is -2.11. The fraction of sp³-hybridized carbons (Fsp3) is 0.828. The highest BCUT2D eigenvalue weighted by Gasteiger charge is 2.13. The molecule has 0 aromatic carbocycles. The van der Waals surface area contributed by atoms with Crippen LogP contribution < -0.4 is 21.3 Å². The van der Waals surface area contributed by atoms with E-state index in [2.05, 4.69) is 21.3 Å². The van der Waals surface area contributed by atoms with Gasteiger partial charge in [-0.3, -0.25) is 24.0 Å². The van der Waals surface area contributed by atoms with Crippen molar-refractivity contribution >= 4 is 29.7 Å². The van der Waals surface area contributed by atoms with Gasteiger partial charge >= 0.3 is 11.9 Å². The number of ether oxygens (including phenoxy) is 2. The Morgan fingerprint density at radius 2 is 1.00 bits per heavy atom. The van der Waals surface area contributed by atoms with Gasteiger partial charge in [0, 0.05) is 45.3 Å². The fourth-order valence-corrected chi connectivity index (χ4v) is 4.05. The van der Waals surface area contributed by atoms with Gasteiger partial charge in [-0.15, -0.1) is 0 Å². The third-order valence-electron chi connectivity index (χ3n) is 6.52. The number of amides is 3. The van der Waals surface area contributed by atoms with Crippen molar-refractivity contribution in [3.63, 3.8) is 0 Å². The first-order valence-corrected chi connectivity index (χ1v) is 15.3. The minimum atomic E-state index is -0.890.